The normalized spacial score (nSPS) is 13.0. The number of fused-ring (bicyclic) bond motifs is 2. The van der Waals surface area contributed by atoms with Crippen LogP contribution in [0.4, 0.5) is 5.82 Å². The number of pyridine rings is 1. The van der Waals surface area contributed by atoms with Gasteiger partial charge in [0.1, 0.15) is 11.5 Å². The minimum absolute atomic E-state index is 0.230. The highest BCUT2D eigenvalue weighted by Gasteiger charge is 2.22. The maximum Gasteiger partial charge on any atom is 0.488 e. The Morgan fingerprint density at radius 2 is 1.94 bits per heavy atom. The third-order valence-electron chi connectivity index (χ3n) is 5.80. The standard InChI is InChI=1S/C22H22BN7O3/c24-20(31)18-10-4-9-17-19(28-29-30(17)18)22-26-16-8-2-1-7-15(16)21(27-22)25-12-13-5-3-6-14(11-13)23(32)33/h3-6,9-11,32-33H,1-2,7-8,12H2,(H2,24,31)(H,25,26,27). The molecule has 3 aromatic heterocycles. The summed E-state index contributed by atoms with van der Waals surface area (Å²) >= 11 is 0. The number of amides is 1. The number of rotatable bonds is 6. The van der Waals surface area contributed by atoms with E-state index < -0.39 is 13.0 Å². The third-order valence-corrected chi connectivity index (χ3v) is 5.80. The Balaban J connectivity index is 1.54. The van der Waals surface area contributed by atoms with Crippen LogP contribution < -0.4 is 16.5 Å². The summed E-state index contributed by atoms with van der Waals surface area (Å²) in [6, 6.07) is 12.2. The van der Waals surface area contributed by atoms with Gasteiger partial charge in [-0.05, 0) is 48.8 Å². The summed E-state index contributed by atoms with van der Waals surface area (Å²) in [5.41, 5.74) is 10.1. The average molecular weight is 443 g/mol. The van der Waals surface area contributed by atoms with Gasteiger partial charge in [0.25, 0.3) is 5.91 Å². The van der Waals surface area contributed by atoms with Crippen molar-refractivity contribution in [3.8, 4) is 11.5 Å². The number of carbonyl (C=O) groups excluding carboxylic acids is 1. The van der Waals surface area contributed by atoms with Gasteiger partial charge in [-0.25, -0.2) is 14.5 Å². The molecule has 0 fully saturated rings. The van der Waals surface area contributed by atoms with E-state index in [0.29, 0.717) is 29.0 Å². The average Bonchev–Trinajstić information content (AvgIpc) is 3.26. The maximum absolute atomic E-state index is 11.8. The molecule has 4 aromatic rings. The molecule has 1 aliphatic rings. The molecule has 1 aliphatic carbocycles. The van der Waals surface area contributed by atoms with E-state index >= 15 is 0 Å². The van der Waals surface area contributed by atoms with Crippen molar-refractivity contribution < 1.29 is 14.8 Å². The van der Waals surface area contributed by atoms with Crippen LogP contribution in [0.3, 0.4) is 0 Å². The molecule has 5 N–H and O–H groups in total. The minimum atomic E-state index is -1.52. The van der Waals surface area contributed by atoms with E-state index in [1.165, 1.54) is 4.52 Å². The molecule has 1 aromatic carbocycles. The van der Waals surface area contributed by atoms with E-state index in [1.807, 2.05) is 6.07 Å². The third kappa shape index (κ3) is 4.03. The molecule has 0 aliphatic heterocycles. The Labute approximate surface area is 189 Å². The molecular weight excluding hydrogens is 421 g/mol. The fourth-order valence-corrected chi connectivity index (χ4v) is 4.16. The van der Waals surface area contributed by atoms with Gasteiger partial charge >= 0.3 is 7.12 Å². The molecule has 0 atom stereocenters. The molecule has 166 valence electrons. The Morgan fingerprint density at radius 1 is 1.12 bits per heavy atom. The molecule has 5 rings (SSSR count). The zero-order valence-corrected chi connectivity index (χ0v) is 17.8. The number of carbonyl (C=O) groups is 1. The van der Waals surface area contributed by atoms with Crippen molar-refractivity contribution in [1.29, 1.82) is 0 Å². The summed E-state index contributed by atoms with van der Waals surface area (Å²) in [5, 5.41) is 30.6. The zero-order chi connectivity index (χ0) is 22.9. The van der Waals surface area contributed by atoms with Crippen molar-refractivity contribution in [3.05, 3.63) is 65.0 Å². The number of primary amides is 1. The first kappa shape index (κ1) is 21.0. The molecule has 0 bridgehead atoms. The van der Waals surface area contributed by atoms with Crippen molar-refractivity contribution in [2.45, 2.75) is 32.2 Å². The van der Waals surface area contributed by atoms with Gasteiger partial charge in [0.05, 0.1) is 5.52 Å². The van der Waals surface area contributed by atoms with Crippen LogP contribution in [0.2, 0.25) is 0 Å². The van der Waals surface area contributed by atoms with Gasteiger partial charge in [-0.3, -0.25) is 4.79 Å². The Morgan fingerprint density at radius 3 is 2.76 bits per heavy atom. The second kappa shape index (κ2) is 8.60. The van der Waals surface area contributed by atoms with Gasteiger partial charge < -0.3 is 21.1 Å². The number of hydrogen-bond donors (Lipinski definition) is 4. The lowest BCUT2D eigenvalue weighted by atomic mass is 9.79. The summed E-state index contributed by atoms with van der Waals surface area (Å²) < 4.78 is 1.40. The highest BCUT2D eigenvalue weighted by molar-refractivity contribution is 6.58. The molecule has 11 heteroatoms. The van der Waals surface area contributed by atoms with E-state index in [4.69, 9.17) is 15.7 Å². The van der Waals surface area contributed by atoms with Crippen LogP contribution in [0.5, 0.6) is 0 Å². The summed E-state index contributed by atoms with van der Waals surface area (Å²) in [6.45, 7) is 0.456. The molecule has 0 radical (unpaired) electrons. The molecule has 0 saturated heterocycles. The van der Waals surface area contributed by atoms with Gasteiger partial charge in [0.15, 0.2) is 11.5 Å². The van der Waals surface area contributed by atoms with E-state index in [0.717, 1.165) is 48.3 Å². The maximum atomic E-state index is 11.8. The van der Waals surface area contributed by atoms with Gasteiger partial charge in [-0.1, -0.05) is 35.5 Å². The zero-order valence-electron chi connectivity index (χ0n) is 17.8. The lowest BCUT2D eigenvalue weighted by Crippen LogP contribution is -2.30. The van der Waals surface area contributed by atoms with Crippen molar-refractivity contribution in [2.24, 2.45) is 5.73 Å². The first-order chi connectivity index (χ1) is 16.0. The quantitative estimate of drug-likeness (QED) is 0.314. The van der Waals surface area contributed by atoms with Crippen molar-refractivity contribution in [1.82, 2.24) is 24.8 Å². The number of nitrogens with zero attached hydrogens (tertiary/aromatic N) is 5. The molecular formula is C22H22BN7O3. The smallest absolute Gasteiger partial charge is 0.423 e. The van der Waals surface area contributed by atoms with Crippen molar-refractivity contribution in [2.75, 3.05) is 5.32 Å². The monoisotopic (exact) mass is 443 g/mol. The first-order valence-corrected chi connectivity index (χ1v) is 10.7. The summed E-state index contributed by atoms with van der Waals surface area (Å²) in [5.74, 6) is 0.548. The Bertz CT molecular complexity index is 1360. The van der Waals surface area contributed by atoms with Gasteiger partial charge in [-0.2, -0.15) is 0 Å². The summed E-state index contributed by atoms with van der Waals surface area (Å²) in [6.07, 6.45) is 3.83. The summed E-state index contributed by atoms with van der Waals surface area (Å²) in [7, 11) is -1.52. The molecule has 1 amide bonds. The van der Waals surface area contributed by atoms with Crippen molar-refractivity contribution in [3.63, 3.8) is 0 Å². The number of benzene rings is 1. The van der Waals surface area contributed by atoms with Crippen LogP contribution >= 0.6 is 0 Å². The molecule has 33 heavy (non-hydrogen) atoms. The first-order valence-electron chi connectivity index (χ1n) is 10.7. The summed E-state index contributed by atoms with van der Waals surface area (Å²) in [4.78, 5) is 21.3. The van der Waals surface area contributed by atoms with E-state index in [1.54, 1.807) is 36.4 Å². The van der Waals surface area contributed by atoms with Gasteiger partial charge in [0.2, 0.25) is 0 Å². The largest absolute Gasteiger partial charge is 0.488 e. The predicted molar refractivity (Wildman–Crippen MR) is 123 cm³/mol. The van der Waals surface area contributed by atoms with Crippen LogP contribution in [-0.4, -0.2) is 47.9 Å². The van der Waals surface area contributed by atoms with Crippen LogP contribution in [0, 0.1) is 0 Å². The molecule has 10 nitrogen and oxygen atoms in total. The predicted octanol–water partition coefficient (Wildman–Crippen LogP) is 0.456. The number of nitrogens with two attached hydrogens (primary N) is 1. The highest BCUT2D eigenvalue weighted by atomic mass is 16.4. The lowest BCUT2D eigenvalue weighted by molar-refractivity contribution is 0.0993. The molecule has 0 spiro atoms. The second-order valence-corrected chi connectivity index (χ2v) is 8.01. The Hall–Kier alpha value is -3.83. The fourth-order valence-electron chi connectivity index (χ4n) is 4.16. The molecule has 3 heterocycles. The van der Waals surface area contributed by atoms with E-state index in [-0.39, 0.29) is 5.69 Å². The van der Waals surface area contributed by atoms with Crippen LogP contribution in [0.15, 0.2) is 42.5 Å². The van der Waals surface area contributed by atoms with Gasteiger partial charge in [-0.15, -0.1) is 5.10 Å². The highest BCUT2D eigenvalue weighted by Crippen LogP contribution is 2.29. The number of anilines is 1. The van der Waals surface area contributed by atoms with Gasteiger partial charge in [0, 0.05) is 17.8 Å². The number of hydrogen-bond acceptors (Lipinski definition) is 8. The SMILES string of the molecule is NC(=O)c1cccc2c(-c3nc4c(c(NCc5cccc(B(O)O)c5)n3)CCCC4)nnn12. The Kier molecular flexibility index (Phi) is 5.49. The van der Waals surface area contributed by atoms with Crippen LogP contribution in [0.1, 0.15) is 40.2 Å². The lowest BCUT2D eigenvalue weighted by Gasteiger charge is -2.19. The topological polar surface area (TPSA) is 152 Å². The van der Waals surface area contributed by atoms with Crippen LogP contribution in [-0.2, 0) is 19.4 Å². The second-order valence-electron chi connectivity index (χ2n) is 8.01. The number of aryl methyl sites for hydroxylation is 1. The molecule has 0 saturated carbocycles. The number of aromatic nitrogens is 5. The van der Waals surface area contributed by atoms with E-state index in [2.05, 4.69) is 15.6 Å². The van der Waals surface area contributed by atoms with Crippen molar-refractivity contribution >= 4 is 29.8 Å². The minimum Gasteiger partial charge on any atom is -0.423 e. The van der Waals surface area contributed by atoms with E-state index in [9.17, 15) is 14.8 Å². The fraction of sp³-hybridized carbons (Fsp3) is 0.227. The van der Waals surface area contributed by atoms with Crippen LogP contribution in [0.25, 0.3) is 17.0 Å². The number of nitrogens with one attached hydrogen (secondary N) is 1. The molecule has 0 unspecified atom stereocenters.